The van der Waals surface area contributed by atoms with E-state index in [9.17, 15) is 9.59 Å². The van der Waals surface area contributed by atoms with Crippen LogP contribution in [0, 0.1) is 0 Å². The molecule has 1 amide bonds. The van der Waals surface area contributed by atoms with Crippen LogP contribution in [0.2, 0.25) is 0 Å². The van der Waals surface area contributed by atoms with Crippen molar-refractivity contribution in [1.29, 1.82) is 0 Å². The minimum atomic E-state index is -1.04. The second-order valence-corrected chi connectivity index (χ2v) is 7.59. The summed E-state index contributed by atoms with van der Waals surface area (Å²) < 4.78 is 5.19. The van der Waals surface area contributed by atoms with Gasteiger partial charge in [-0.15, -0.1) is 11.3 Å². The molecule has 0 radical (unpaired) electrons. The van der Waals surface area contributed by atoms with Gasteiger partial charge in [0.15, 0.2) is 11.5 Å². The van der Waals surface area contributed by atoms with Crippen molar-refractivity contribution in [2.24, 2.45) is 0 Å². The van der Waals surface area contributed by atoms with Crippen LogP contribution in [-0.4, -0.2) is 38.7 Å². The number of hydrogen-bond acceptors (Lipinski definition) is 7. The lowest BCUT2D eigenvalue weighted by atomic mass is 9.96. The molecule has 2 rings (SSSR count). The lowest BCUT2D eigenvalue weighted by Crippen LogP contribution is -2.25. The topological polar surface area (TPSA) is 118 Å². The molecule has 2 N–H and O–H groups in total. The number of carbonyl (C=O) groups is 2. The Morgan fingerprint density at radius 2 is 2.04 bits per heavy atom. The van der Waals surface area contributed by atoms with Crippen molar-refractivity contribution in [1.82, 2.24) is 20.4 Å². The minimum absolute atomic E-state index is 0.0421. The van der Waals surface area contributed by atoms with Gasteiger partial charge in [-0.25, -0.2) is 9.78 Å². The summed E-state index contributed by atoms with van der Waals surface area (Å²) >= 11 is 1.28. The molecule has 2 heterocycles. The molecule has 0 aliphatic carbocycles. The predicted molar refractivity (Wildman–Crippen MR) is 91.7 cm³/mol. The highest BCUT2D eigenvalue weighted by atomic mass is 32.1. The van der Waals surface area contributed by atoms with Gasteiger partial charge in [-0.2, -0.15) is 4.98 Å². The number of nitrogens with one attached hydrogen (secondary N) is 1. The van der Waals surface area contributed by atoms with Crippen molar-refractivity contribution < 1.29 is 19.2 Å². The molecule has 2 aromatic rings. The zero-order valence-corrected chi connectivity index (χ0v) is 15.4. The van der Waals surface area contributed by atoms with Gasteiger partial charge in [0.05, 0.1) is 5.01 Å². The maximum Gasteiger partial charge on any atom is 0.355 e. The Labute approximate surface area is 149 Å². The van der Waals surface area contributed by atoms with Gasteiger partial charge >= 0.3 is 5.97 Å². The second-order valence-electron chi connectivity index (χ2n) is 6.65. The summed E-state index contributed by atoms with van der Waals surface area (Å²) in [6.45, 7) is 6.46. The quantitative estimate of drug-likeness (QED) is 0.735. The Bertz CT molecular complexity index is 733. The first-order valence-corrected chi connectivity index (χ1v) is 8.91. The van der Waals surface area contributed by atoms with Crippen molar-refractivity contribution in [3.63, 3.8) is 0 Å². The van der Waals surface area contributed by atoms with E-state index in [-0.39, 0.29) is 17.0 Å². The highest BCUT2D eigenvalue weighted by Gasteiger charge is 2.20. The molecule has 0 bridgehead atoms. The average Bonchev–Trinajstić information content (AvgIpc) is 3.16. The molecule has 136 valence electrons. The summed E-state index contributed by atoms with van der Waals surface area (Å²) in [5.74, 6) is 0.102. The van der Waals surface area contributed by atoms with Crippen LogP contribution in [0.3, 0.4) is 0 Å². The molecule has 0 unspecified atom stereocenters. The van der Waals surface area contributed by atoms with E-state index in [0.29, 0.717) is 49.0 Å². The number of aryl methyl sites for hydroxylation is 1. The number of rotatable bonds is 8. The smallest absolute Gasteiger partial charge is 0.355 e. The Morgan fingerprint density at radius 3 is 2.64 bits per heavy atom. The SMILES string of the molecule is CC(C)(C)c1noc(CCCC(=O)NCCc2nc(C(=O)O)cs2)n1. The summed E-state index contributed by atoms with van der Waals surface area (Å²) in [7, 11) is 0. The van der Waals surface area contributed by atoms with E-state index in [1.165, 1.54) is 16.7 Å². The third-order valence-corrected chi connectivity index (χ3v) is 4.27. The first-order valence-electron chi connectivity index (χ1n) is 8.03. The molecule has 0 saturated heterocycles. The van der Waals surface area contributed by atoms with Crippen molar-refractivity contribution >= 4 is 23.2 Å². The monoisotopic (exact) mass is 366 g/mol. The van der Waals surface area contributed by atoms with Gasteiger partial charge < -0.3 is 14.9 Å². The maximum absolute atomic E-state index is 11.8. The molecule has 0 aliphatic heterocycles. The molecule has 25 heavy (non-hydrogen) atoms. The highest BCUT2D eigenvalue weighted by Crippen LogP contribution is 2.18. The third-order valence-electron chi connectivity index (χ3n) is 3.37. The average molecular weight is 366 g/mol. The number of carbonyl (C=O) groups excluding carboxylic acids is 1. The fourth-order valence-corrected chi connectivity index (χ4v) is 2.75. The summed E-state index contributed by atoms with van der Waals surface area (Å²) in [6, 6.07) is 0. The first kappa shape index (κ1) is 19.0. The van der Waals surface area contributed by atoms with Crippen molar-refractivity contribution in [3.8, 4) is 0 Å². The lowest BCUT2D eigenvalue weighted by molar-refractivity contribution is -0.121. The number of aromatic nitrogens is 3. The van der Waals surface area contributed by atoms with Gasteiger partial charge in [-0.05, 0) is 6.42 Å². The van der Waals surface area contributed by atoms with Crippen LogP contribution in [0.1, 0.15) is 60.8 Å². The zero-order chi connectivity index (χ0) is 18.4. The number of nitrogens with zero attached hydrogens (tertiary/aromatic N) is 3. The van der Waals surface area contributed by atoms with Crippen LogP contribution in [0.25, 0.3) is 0 Å². The van der Waals surface area contributed by atoms with E-state index in [1.54, 1.807) is 0 Å². The van der Waals surface area contributed by atoms with Crippen molar-refractivity contribution in [2.75, 3.05) is 6.54 Å². The van der Waals surface area contributed by atoms with Crippen LogP contribution in [0.15, 0.2) is 9.90 Å². The largest absolute Gasteiger partial charge is 0.476 e. The molecule has 2 aromatic heterocycles. The molecule has 0 aromatic carbocycles. The first-order chi connectivity index (χ1) is 11.8. The molecule has 8 nitrogen and oxygen atoms in total. The summed E-state index contributed by atoms with van der Waals surface area (Å²) in [6.07, 6.45) is 2.07. The molecular formula is C16H22N4O4S. The Hall–Kier alpha value is -2.29. The van der Waals surface area contributed by atoms with Crippen LogP contribution in [0.4, 0.5) is 0 Å². The molecule has 0 saturated carbocycles. The fraction of sp³-hybridized carbons (Fsp3) is 0.562. The van der Waals surface area contributed by atoms with E-state index in [4.69, 9.17) is 9.63 Å². The van der Waals surface area contributed by atoms with E-state index in [2.05, 4.69) is 20.4 Å². The predicted octanol–water partition coefficient (Wildman–Crippen LogP) is 2.20. The van der Waals surface area contributed by atoms with Crippen LogP contribution < -0.4 is 5.32 Å². The second kappa shape index (κ2) is 8.19. The number of hydrogen-bond donors (Lipinski definition) is 2. The van der Waals surface area contributed by atoms with Crippen molar-refractivity contribution in [3.05, 3.63) is 27.8 Å². The lowest BCUT2D eigenvalue weighted by Gasteiger charge is -2.10. The summed E-state index contributed by atoms with van der Waals surface area (Å²) in [5.41, 5.74) is -0.115. The Morgan fingerprint density at radius 1 is 1.28 bits per heavy atom. The number of amides is 1. The third kappa shape index (κ3) is 5.93. The van der Waals surface area contributed by atoms with Crippen LogP contribution >= 0.6 is 11.3 Å². The normalized spacial score (nSPS) is 11.5. The van der Waals surface area contributed by atoms with E-state index in [0.717, 1.165) is 0 Å². The standard InChI is InChI=1S/C16H22N4O4S/c1-16(2,3)15-19-12(24-20-15)6-4-5-11(21)17-8-7-13-18-10(9-25-13)14(22)23/h9H,4-8H2,1-3H3,(H,17,21)(H,22,23). The van der Waals surface area contributed by atoms with Gasteiger partial charge in [-0.3, -0.25) is 4.79 Å². The number of carboxylic acid groups (broad SMARTS) is 1. The van der Waals surface area contributed by atoms with Gasteiger partial charge in [0.1, 0.15) is 0 Å². The van der Waals surface area contributed by atoms with Crippen molar-refractivity contribution in [2.45, 2.75) is 51.9 Å². The van der Waals surface area contributed by atoms with Gasteiger partial charge in [0.25, 0.3) is 0 Å². The maximum atomic E-state index is 11.8. The molecule has 9 heteroatoms. The Kier molecular flexibility index (Phi) is 6.24. The highest BCUT2D eigenvalue weighted by molar-refractivity contribution is 7.09. The van der Waals surface area contributed by atoms with Gasteiger partial charge in [-0.1, -0.05) is 25.9 Å². The summed E-state index contributed by atoms with van der Waals surface area (Å²) in [5, 5.41) is 17.7. The minimum Gasteiger partial charge on any atom is -0.476 e. The van der Waals surface area contributed by atoms with E-state index in [1.807, 2.05) is 20.8 Å². The molecular weight excluding hydrogens is 344 g/mol. The number of thiazole rings is 1. The van der Waals surface area contributed by atoms with E-state index < -0.39 is 5.97 Å². The summed E-state index contributed by atoms with van der Waals surface area (Å²) in [4.78, 5) is 30.9. The molecule has 0 atom stereocenters. The van der Waals surface area contributed by atoms with Gasteiger partial charge in [0, 0.05) is 36.6 Å². The molecule has 0 aliphatic rings. The molecule has 0 fully saturated rings. The number of aromatic carboxylic acids is 1. The van der Waals surface area contributed by atoms with Gasteiger partial charge in [0.2, 0.25) is 11.8 Å². The fourth-order valence-electron chi connectivity index (χ4n) is 1.98. The molecule has 0 spiro atoms. The zero-order valence-electron chi connectivity index (χ0n) is 14.5. The van der Waals surface area contributed by atoms with Crippen LogP contribution in [0.5, 0.6) is 0 Å². The number of carboxylic acids is 1. The van der Waals surface area contributed by atoms with Crippen LogP contribution in [-0.2, 0) is 23.1 Å². The Balaban J connectivity index is 1.65. The van der Waals surface area contributed by atoms with E-state index >= 15 is 0 Å².